The van der Waals surface area contributed by atoms with E-state index in [0.29, 0.717) is 5.75 Å². The molecule has 0 unspecified atom stereocenters. The van der Waals surface area contributed by atoms with Crippen molar-refractivity contribution in [1.29, 1.82) is 0 Å². The van der Waals surface area contributed by atoms with Gasteiger partial charge in [0.2, 0.25) is 5.91 Å². The number of ether oxygens (including phenoxy) is 1. The maximum Gasteiger partial charge on any atom is 0.326 e. The number of hydrogen-bond acceptors (Lipinski definition) is 5. The van der Waals surface area contributed by atoms with Crippen LogP contribution in [0.15, 0.2) is 18.2 Å². The third-order valence-corrected chi connectivity index (χ3v) is 2.46. The lowest BCUT2D eigenvalue weighted by molar-refractivity contribution is -0.140. The number of phenolic OH excluding ortho intramolecular Hbond substituents is 1. The molecule has 1 aromatic carbocycles. The van der Waals surface area contributed by atoms with Crippen molar-refractivity contribution >= 4 is 17.8 Å². The number of carbonyl (C=O) groups excluding carboxylic acids is 2. The third kappa shape index (κ3) is 3.87. The van der Waals surface area contributed by atoms with Crippen molar-refractivity contribution in [3.05, 3.63) is 23.8 Å². The van der Waals surface area contributed by atoms with Crippen LogP contribution in [0, 0.1) is 0 Å². The van der Waals surface area contributed by atoms with Gasteiger partial charge >= 0.3 is 5.97 Å². The summed E-state index contributed by atoms with van der Waals surface area (Å²) in [4.78, 5) is 33.4. The predicted molar refractivity (Wildman–Crippen MR) is 67.4 cm³/mol. The Morgan fingerprint density at radius 1 is 1.40 bits per heavy atom. The van der Waals surface area contributed by atoms with Crippen LogP contribution in [0.4, 0.5) is 0 Å². The van der Waals surface area contributed by atoms with Crippen LogP contribution in [0.2, 0.25) is 0 Å². The standard InChI is InChI=1S/C12H14N2O6/c1-20-6-2-3-7(9(15)4-6)11(17)14-8(12(18)19)5-10(13)16/h2-4,8,15H,5H2,1H3,(H2,13,16)(H,14,17)(H,18,19)/t8-/m1/s1. The van der Waals surface area contributed by atoms with Gasteiger partial charge in [0.25, 0.3) is 5.91 Å². The fourth-order valence-electron chi connectivity index (χ4n) is 1.47. The van der Waals surface area contributed by atoms with Gasteiger partial charge in [-0.1, -0.05) is 0 Å². The number of methoxy groups -OCH3 is 1. The fourth-order valence-corrected chi connectivity index (χ4v) is 1.47. The lowest BCUT2D eigenvalue weighted by atomic mass is 10.1. The van der Waals surface area contributed by atoms with Gasteiger partial charge in [-0.15, -0.1) is 0 Å². The monoisotopic (exact) mass is 282 g/mol. The molecule has 0 fully saturated rings. The zero-order chi connectivity index (χ0) is 15.3. The highest BCUT2D eigenvalue weighted by Crippen LogP contribution is 2.23. The summed E-state index contributed by atoms with van der Waals surface area (Å²) in [6, 6.07) is 2.45. The summed E-state index contributed by atoms with van der Waals surface area (Å²) in [5, 5.41) is 20.6. The lowest BCUT2D eigenvalue weighted by Crippen LogP contribution is -2.43. The van der Waals surface area contributed by atoms with Crippen molar-refractivity contribution in [3.63, 3.8) is 0 Å². The minimum Gasteiger partial charge on any atom is -0.507 e. The van der Waals surface area contributed by atoms with E-state index in [1.165, 1.54) is 25.3 Å². The molecule has 0 spiro atoms. The number of aromatic hydroxyl groups is 1. The Morgan fingerprint density at radius 2 is 2.05 bits per heavy atom. The Balaban J connectivity index is 2.89. The summed E-state index contributed by atoms with van der Waals surface area (Å²) < 4.78 is 4.85. The van der Waals surface area contributed by atoms with E-state index in [1.54, 1.807) is 0 Å². The zero-order valence-corrected chi connectivity index (χ0v) is 10.6. The minimum absolute atomic E-state index is 0.137. The van der Waals surface area contributed by atoms with Crippen molar-refractivity contribution in [2.75, 3.05) is 7.11 Å². The molecule has 0 aliphatic heterocycles. The molecule has 1 rings (SSSR count). The molecule has 5 N–H and O–H groups in total. The largest absolute Gasteiger partial charge is 0.507 e. The zero-order valence-electron chi connectivity index (χ0n) is 10.6. The Morgan fingerprint density at radius 3 is 2.50 bits per heavy atom. The second-order valence-electron chi connectivity index (χ2n) is 3.92. The number of carboxylic acids is 1. The van der Waals surface area contributed by atoms with Crippen molar-refractivity contribution in [2.24, 2.45) is 5.73 Å². The summed E-state index contributed by atoms with van der Waals surface area (Å²) >= 11 is 0. The average Bonchev–Trinajstić information content (AvgIpc) is 2.36. The smallest absolute Gasteiger partial charge is 0.326 e. The summed E-state index contributed by atoms with van der Waals surface area (Å²) in [6.45, 7) is 0. The van der Waals surface area contributed by atoms with E-state index in [9.17, 15) is 19.5 Å². The minimum atomic E-state index is -1.46. The van der Waals surface area contributed by atoms with E-state index >= 15 is 0 Å². The van der Waals surface area contributed by atoms with Crippen LogP contribution in [0.25, 0.3) is 0 Å². The molecule has 1 aromatic rings. The molecular weight excluding hydrogens is 268 g/mol. The summed E-state index contributed by atoms with van der Waals surface area (Å²) in [5.41, 5.74) is 4.76. The molecule has 0 aliphatic rings. The second-order valence-corrected chi connectivity index (χ2v) is 3.92. The van der Waals surface area contributed by atoms with Gasteiger partial charge in [-0.2, -0.15) is 0 Å². The number of rotatable bonds is 6. The van der Waals surface area contributed by atoms with Crippen LogP contribution in [-0.4, -0.2) is 41.1 Å². The average molecular weight is 282 g/mol. The highest BCUT2D eigenvalue weighted by molar-refractivity contribution is 5.99. The molecule has 0 radical (unpaired) electrons. The highest BCUT2D eigenvalue weighted by atomic mass is 16.5. The quantitative estimate of drug-likeness (QED) is 0.552. The molecular formula is C12H14N2O6. The normalized spacial score (nSPS) is 11.4. The number of hydrogen-bond donors (Lipinski definition) is 4. The van der Waals surface area contributed by atoms with Crippen molar-refractivity contribution < 1.29 is 29.3 Å². The maximum absolute atomic E-state index is 11.8. The number of nitrogens with one attached hydrogen (secondary N) is 1. The van der Waals surface area contributed by atoms with E-state index in [4.69, 9.17) is 15.6 Å². The summed E-state index contributed by atoms with van der Waals surface area (Å²) in [7, 11) is 1.39. The molecule has 1 atom stereocenters. The Kier molecular flexibility index (Phi) is 4.90. The van der Waals surface area contributed by atoms with Gasteiger partial charge in [0, 0.05) is 6.07 Å². The topological polar surface area (TPSA) is 139 Å². The number of carbonyl (C=O) groups is 3. The third-order valence-electron chi connectivity index (χ3n) is 2.46. The molecule has 20 heavy (non-hydrogen) atoms. The van der Waals surface area contributed by atoms with E-state index in [-0.39, 0.29) is 11.3 Å². The van der Waals surface area contributed by atoms with Crippen LogP contribution >= 0.6 is 0 Å². The molecule has 8 heteroatoms. The SMILES string of the molecule is COc1ccc(C(=O)N[C@H](CC(N)=O)C(=O)O)c(O)c1. The molecule has 0 aromatic heterocycles. The maximum atomic E-state index is 11.8. The van der Waals surface area contributed by atoms with Gasteiger partial charge in [-0.25, -0.2) is 4.79 Å². The molecule has 0 aliphatic carbocycles. The number of aliphatic carboxylic acids is 1. The first-order valence-electron chi connectivity index (χ1n) is 5.54. The number of carboxylic acid groups (broad SMARTS) is 1. The van der Waals surface area contributed by atoms with Gasteiger partial charge < -0.3 is 26.0 Å². The van der Waals surface area contributed by atoms with Crippen LogP contribution in [0.5, 0.6) is 11.5 Å². The highest BCUT2D eigenvalue weighted by Gasteiger charge is 2.24. The molecule has 0 heterocycles. The van der Waals surface area contributed by atoms with E-state index in [0.717, 1.165) is 0 Å². The summed E-state index contributed by atoms with van der Waals surface area (Å²) in [6.07, 6.45) is -0.544. The Labute approximate surface area is 114 Å². The first kappa shape index (κ1) is 15.3. The molecule has 8 nitrogen and oxygen atoms in total. The van der Waals surface area contributed by atoms with Gasteiger partial charge in [0.05, 0.1) is 19.1 Å². The second kappa shape index (κ2) is 6.41. The number of phenols is 1. The first-order chi connectivity index (χ1) is 9.35. The van der Waals surface area contributed by atoms with Crippen LogP contribution in [0.1, 0.15) is 16.8 Å². The predicted octanol–water partition coefficient (Wildman–Crippen LogP) is -0.541. The molecule has 0 saturated heterocycles. The number of primary amides is 1. The van der Waals surface area contributed by atoms with Gasteiger partial charge in [0.1, 0.15) is 17.5 Å². The van der Waals surface area contributed by atoms with Gasteiger partial charge in [0.15, 0.2) is 0 Å². The van der Waals surface area contributed by atoms with Gasteiger partial charge in [-0.3, -0.25) is 9.59 Å². The number of amides is 2. The molecule has 0 saturated carbocycles. The Bertz CT molecular complexity index is 543. The van der Waals surface area contributed by atoms with Crippen molar-refractivity contribution in [2.45, 2.75) is 12.5 Å². The molecule has 2 amide bonds. The molecule has 108 valence electrons. The summed E-state index contributed by atoms with van der Waals surface area (Å²) in [5.74, 6) is -3.13. The number of nitrogens with two attached hydrogens (primary N) is 1. The lowest BCUT2D eigenvalue weighted by Gasteiger charge is -2.13. The van der Waals surface area contributed by atoms with E-state index < -0.39 is 30.2 Å². The van der Waals surface area contributed by atoms with Crippen LogP contribution in [0.3, 0.4) is 0 Å². The van der Waals surface area contributed by atoms with Crippen LogP contribution in [-0.2, 0) is 9.59 Å². The van der Waals surface area contributed by atoms with Crippen molar-refractivity contribution in [1.82, 2.24) is 5.32 Å². The van der Waals surface area contributed by atoms with E-state index in [2.05, 4.69) is 5.32 Å². The van der Waals surface area contributed by atoms with Crippen LogP contribution < -0.4 is 15.8 Å². The molecule has 0 bridgehead atoms. The van der Waals surface area contributed by atoms with Gasteiger partial charge in [-0.05, 0) is 12.1 Å². The number of benzene rings is 1. The Hall–Kier alpha value is -2.77. The van der Waals surface area contributed by atoms with Crippen molar-refractivity contribution in [3.8, 4) is 11.5 Å². The van der Waals surface area contributed by atoms with E-state index in [1.807, 2.05) is 0 Å². The first-order valence-corrected chi connectivity index (χ1v) is 5.54. The fraction of sp³-hybridized carbons (Fsp3) is 0.250.